The highest BCUT2D eigenvalue weighted by Gasteiger charge is 2.11. The molecule has 2 aromatic carbocycles. The maximum Gasteiger partial charge on any atom is 0.314 e. The molecule has 3 aromatic rings. The SMILES string of the molecule is NS(=O)(=O)c1cccc(NC(=O)c2ccc3[nH]c(=O)c(=O)[nH]c3c2)c1. The average Bonchev–Trinajstić information content (AvgIpc) is 2.55. The lowest BCUT2D eigenvalue weighted by molar-refractivity contribution is 0.102. The normalized spacial score (nSPS) is 11.4. The van der Waals surface area contributed by atoms with Gasteiger partial charge in [0, 0.05) is 11.3 Å². The molecule has 0 fully saturated rings. The maximum atomic E-state index is 12.3. The van der Waals surface area contributed by atoms with E-state index >= 15 is 0 Å². The molecule has 0 saturated heterocycles. The number of aromatic nitrogens is 2. The summed E-state index contributed by atoms with van der Waals surface area (Å²) >= 11 is 0. The zero-order valence-electron chi connectivity index (χ0n) is 12.6. The average molecular weight is 360 g/mol. The highest BCUT2D eigenvalue weighted by molar-refractivity contribution is 7.89. The molecule has 9 nitrogen and oxygen atoms in total. The number of benzene rings is 2. The Morgan fingerprint density at radius 1 is 0.960 bits per heavy atom. The van der Waals surface area contributed by atoms with Crippen LogP contribution < -0.4 is 21.6 Å². The Morgan fingerprint density at radius 3 is 2.32 bits per heavy atom. The minimum Gasteiger partial charge on any atom is -0.322 e. The van der Waals surface area contributed by atoms with E-state index in [1.807, 2.05) is 0 Å². The van der Waals surface area contributed by atoms with Gasteiger partial charge in [-0.3, -0.25) is 14.4 Å². The molecule has 10 heteroatoms. The molecule has 0 aliphatic carbocycles. The number of aromatic amines is 2. The van der Waals surface area contributed by atoms with Crippen LogP contribution in [0.15, 0.2) is 56.9 Å². The van der Waals surface area contributed by atoms with Crippen molar-refractivity contribution in [2.75, 3.05) is 5.32 Å². The van der Waals surface area contributed by atoms with Gasteiger partial charge in [-0.1, -0.05) is 6.07 Å². The molecule has 0 spiro atoms. The first-order valence-electron chi connectivity index (χ1n) is 6.94. The topological polar surface area (TPSA) is 155 Å². The Hall–Kier alpha value is -3.24. The Bertz CT molecular complexity index is 1210. The van der Waals surface area contributed by atoms with Gasteiger partial charge in [-0.25, -0.2) is 13.6 Å². The fourth-order valence-electron chi connectivity index (χ4n) is 2.21. The van der Waals surface area contributed by atoms with E-state index in [0.29, 0.717) is 5.52 Å². The Morgan fingerprint density at radius 2 is 1.64 bits per heavy atom. The summed E-state index contributed by atoms with van der Waals surface area (Å²) in [4.78, 5) is 39.6. The number of carbonyl (C=O) groups is 1. The van der Waals surface area contributed by atoms with E-state index in [1.165, 1.54) is 42.5 Å². The van der Waals surface area contributed by atoms with E-state index in [0.717, 1.165) is 0 Å². The van der Waals surface area contributed by atoms with Gasteiger partial charge in [0.2, 0.25) is 10.0 Å². The Balaban J connectivity index is 1.94. The third-order valence-electron chi connectivity index (χ3n) is 3.40. The van der Waals surface area contributed by atoms with Crippen molar-refractivity contribution in [2.45, 2.75) is 4.90 Å². The summed E-state index contributed by atoms with van der Waals surface area (Å²) in [5.41, 5.74) is -0.508. The number of nitrogens with one attached hydrogen (secondary N) is 3. The van der Waals surface area contributed by atoms with Crippen LogP contribution >= 0.6 is 0 Å². The number of anilines is 1. The molecule has 0 saturated carbocycles. The zero-order valence-corrected chi connectivity index (χ0v) is 13.4. The van der Waals surface area contributed by atoms with Gasteiger partial charge >= 0.3 is 11.1 Å². The van der Waals surface area contributed by atoms with Crippen LogP contribution in [0, 0.1) is 0 Å². The summed E-state index contributed by atoms with van der Waals surface area (Å²) in [5, 5.41) is 7.59. The van der Waals surface area contributed by atoms with Crippen molar-refractivity contribution in [1.82, 2.24) is 9.97 Å². The smallest absolute Gasteiger partial charge is 0.314 e. The van der Waals surface area contributed by atoms with Gasteiger partial charge in [0.1, 0.15) is 0 Å². The van der Waals surface area contributed by atoms with Crippen molar-refractivity contribution in [3.63, 3.8) is 0 Å². The summed E-state index contributed by atoms with van der Waals surface area (Å²) in [6.45, 7) is 0. The second kappa shape index (κ2) is 6.00. The minimum atomic E-state index is -3.89. The molecule has 0 radical (unpaired) electrons. The lowest BCUT2D eigenvalue weighted by Crippen LogP contribution is -2.29. The first kappa shape index (κ1) is 16.6. The van der Waals surface area contributed by atoms with Crippen LogP contribution in [0.2, 0.25) is 0 Å². The van der Waals surface area contributed by atoms with Crippen molar-refractivity contribution in [2.24, 2.45) is 5.14 Å². The molecule has 0 aliphatic heterocycles. The third kappa shape index (κ3) is 3.49. The molecule has 1 aromatic heterocycles. The number of nitrogens with two attached hydrogens (primary N) is 1. The van der Waals surface area contributed by atoms with E-state index in [2.05, 4.69) is 15.3 Å². The van der Waals surface area contributed by atoms with Crippen LogP contribution in [0.1, 0.15) is 10.4 Å². The molecule has 0 atom stereocenters. The van der Waals surface area contributed by atoms with Gasteiger partial charge in [-0.15, -0.1) is 0 Å². The maximum absolute atomic E-state index is 12.3. The van der Waals surface area contributed by atoms with Gasteiger partial charge in [0.05, 0.1) is 15.9 Å². The molecule has 1 heterocycles. The monoisotopic (exact) mass is 360 g/mol. The number of amides is 1. The lowest BCUT2D eigenvalue weighted by Gasteiger charge is -2.07. The van der Waals surface area contributed by atoms with Crippen LogP contribution in [0.25, 0.3) is 11.0 Å². The van der Waals surface area contributed by atoms with E-state index in [4.69, 9.17) is 5.14 Å². The van der Waals surface area contributed by atoms with E-state index in [-0.39, 0.29) is 21.7 Å². The second-order valence-corrected chi connectivity index (χ2v) is 6.76. The van der Waals surface area contributed by atoms with Gasteiger partial charge in [0.25, 0.3) is 5.91 Å². The van der Waals surface area contributed by atoms with E-state index < -0.39 is 27.0 Å². The van der Waals surface area contributed by atoms with Crippen molar-refractivity contribution >= 4 is 32.7 Å². The number of hydrogen-bond donors (Lipinski definition) is 4. The highest BCUT2D eigenvalue weighted by Crippen LogP contribution is 2.16. The van der Waals surface area contributed by atoms with Gasteiger partial charge < -0.3 is 15.3 Å². The predicted octanol–water partition coefficient (Wildman–Crippen LogP) is 0.116. The van der Waals surface area contributed by atoms with Crippen LogP contribution in [-0.4, -0.2) is 24.3 Å². The van der Waals surface area contributed by atoms with E-state index in [9.17, 15) is 22.8 Å². The zero-order chi connectivity index (χ0) is 18.2. The summed E-state index contributed by atoms with van der Waals surface area (Å²) < 4.78 is 22.7. The molecule has 1 amide bonds. The fourth-order valence-corrected chi connectivity index (χ4v) is 2.77. The van der Waals surface area contributed by atoms with E-state index in [1.54, 1.807) is 0 Å². The highest BCUT2D eigenvalue weighted by atomic mass is 32.2. The molecular weight excluding hydrogens is 348 g/mol. The Kier molecular flexibility index (Phi) is 3.99. The molecule has 0 unspecified atom stereocenters. The fraction of sp³-hybridized carbons (Fsp3) is 0. The molecule has 3 rings (SSSR count). The third-order valence-corrected chi connectivity index (χ3v) is 4.32. The summed E-state index contributed by atoms with van der Waals surface area (Å²) in [7, 11) is -3.89. The molecule has 5 N–H and O–H groups in total. The number of sulfonamides is 1. The van der Waals surface area contributed by atoms with Crippen molar-refractivity contribution in [3.05, 3.63) is 68.7 Å². The minimum absolute atomic E-state index is 0.134. The van der Waals surface area contributed by atoms with Crippen LogP contribution in [-0.2, 0) is 10.0 Å². The number of H-pyrrole nitrogens is 2. The summed E-state index contributed by atoms with van der Waals surface area (Å²) in [6.07, 6.45) is 0. The number of primary sulfonamides is 1. The first-order valence-corrected chi connectivity index (χ1v) is 8.49. The quantitative estimate of drug-likeness (QED) is 0.488. The Labute approximate surface area is 140 Å². The second-order valence-electron chi connectivity index (χ2n) is 5.20. The number of fused-ring (bicyclic) bond motifs is 1. The molecule has 25 heavy (non-hydrogen) atoms. The van der Waals surface area contributed by atoms with Crippen LogP contribution in [0.5, 0.6) is 0 Å². The number of hydrogen-bond acceptors (Lipinski definition) is 5. The summed E-state index contributed by atoms with van der Waals surface area (Å²) in [5.74, 6) is -0.527. The van der Waals surface area contributed by atoms with Gasteiger partial charge in [-0.05, 0) is 36.4 Å². The first-order chi connectivity index (χ1) is 11.7. The van der Waals surface area contributed by atoms with Crippen molar-refractivity contribution in [1.29, 1.82) is 0 Å². The molecule has 0 bridgehead atoms. The largest absolute Gasteiger partial charge is 0.322 e. The van der Waals surface area contributed by atoms with Gasteiger partial charge in [0.15, 0.2) is 0 Å². The van der Waals surface area contributed by atoms with Crippen molar-refractivity contribution < 1.29 is 13.2 Å². The molecule has 0 aliphatic rings. The lowest BCUT2D eigenvalue weighted by atomic mass is 10.1. The van der Waals surface area contributed by atoms with Gasteiger partial charge in [-0.2, -0.15) is 0 Å². The van der Waals surface area contributed by atoms with Crippen molar-refractivity contribution in [3.8, 4) is 0 Å². The summed E-state index contributed by atoms with van der Waals surface area (Å²) in [6, 6.07) is 9.81. The van der Waals surface area contributed by atoms with Crippen LogP contribution in [0.4, 0.5) is 5.69 Å². The molecule has 128 valence electrons. The predicted molar refractivity (Wildman–Crippen MR) is 91.0 cm³/mol. The van der Waals surface area contributed by atoms with Crippen LogP contribution in [0.3, 0.4) is 0 Å². The number of carbonyl (C=O) groups excluding carboxylic acids is 1. The molecular formula is C15H12N4O5S. The standard InChI is InChI=1S/C15H12N4O5S/c16-25(23,24)10-3-1-2-9(7-10)17-13(20)8-4-5-11-12(6-8)19-15(22)14(21)18-11/h1-7H,(H,17,20)(H,18,21)(H,19,22)(H2,16,23,24). The number of rotatable bonds is 3.